The summed E-state index contributed by atoms with van der Waals surface area (Å²) in [6.07, 6.45) is 16.7. The summed E-state index contributed by atoms with van der Waals surface area (Å²) in [6, 6.07) is 5.35. The minimum Gasteiger partial charge on any atom is -0.506 e. The Morgan fingerprint density at radius 1 is 1.02 bits per heavy atom. The molecule has 0 saturated carbocycles. The van der Waals surface area contributed by atoms with Gasteiger partial charge in [-0.05, 0) is 89.6 Å². The molecule has 0 atom stereocenters. The molecule has 0 unspecified atom stereocenters. The van der Waals surface area contributed by atoms with Crippen LogP contribution in [0.3, 0.4) is 0 Å². The molecule has 2 heterocycles. The number of aryl methyl sites for hydroxylation is 1. The zero-order valence-corrected chi connectivity index (χ0v) is 29.8. The standard InChI is InChI=1S/C12H18N2.C11H11NO2.C8H18.C5H10O.C2H6/c1-6-9-12(14-10(4)5)11(7-2)13-8-3;1-6-3-8-5-9(7(2)13)12-11(8)10(14)4-6;1-4-6-8(3)7-5-2;1-2-4-6-5-3-1;1-2/h6-9H,1H2,2-5H3;3-5,12,14H,1-2H3;8H,4-7H2,1-3H3;1-5H2;1-2H3/b11-7-,12-9-,13-8?;;;;. The first-order valence-corrected chi connectivity index (χ1v) is 16.4. The van der Waals surface area contributed by atoms with E-state index in [0.29, 0.717) is 11.2 Å². The molecule has 0 amide bonds. The monoisotopic (exact) mass is 609 g/mol. The van der Waals surface area contributed by atoms with Gasteiger partial charge in [-0.3, -0.25) is 14.8 Å². The van der Waals surface area contributed by atoms with Crippen molar-refractivity contribution in [1.29, 1.82) is 0 Å². The van der Waals surface area contributed by atoms with Crippen molar-refractivity contribution in [3.05, 3.63) is 65.7 Å². The first-order valence-electron chi connectivity index (χ1n) is 16.4. The molecule has 2 aromatic rings. The van der Waals surface area contributed by atoms with Crippen LogP contribution in [0.5, 0.6) is 5.75 Å². The van der Waals surface area contributed by atoms with E-state index >= 15 is 0 Å². The first-order chi connectivity index (χ1) is 21.0. The third kappa shape index (κ3) is 19.8. The summed E-state index contributed by atoms with van der Waals surface area (Å²) in [5.41, 5.74) is 4.85. The molecule has 248 valence electrons. The average Bonchev–Trinajstić information content (AvgIpc) is 3.44. The maximum atomic E-state index is 11.1. The molecule has 1 saturated heterocycles. The maximum Gasteiger partial charge on any atom is 0.175 e. The average molecular weight is 610 g/mol. The number of benzene rings is 1. The zero-order valence-electron chi connectivity index (χ0n) is 29.8. The highest BCUT2D eigenvalue weighted by atomic mass is 16.5. The van der Waals surface area contributed by atoms with Crippen molar-refractivity contribution in [2.75, 3.05) is 13.2 Å². The zero-order chi connectivity index (χ0) is 33.9. The van der Waals surface area contributed by atoms with Gasteiger partial charge in [-0.1, -0.05) is 79.0 Å². The Balaban J connectivity index is 0. The van der Waals surface area contributed by atoms with E-state index in [2.05, 4.69) is 42.3 Å². The number of nitrogens with one attached hydrogen (secondary N) is 1. The van der Waals surface area contributed by atoms with E-state index in [9.17, 15) is 9.90 Å². The molecule has 0 spiro atoms. The lowest BCUT2D eigenvalue weighted by atomic mass is 10.0. The predicted molar refractivity (Wildman–Crippen MR) is 195 cm³/mol. The molecule has 1 fully saturated rings. The molecule has 1 aliphatic rings. The SMILES string of the molecule is C1CCOCC1.C=C/C=C(N=C(C)C)/C(=C/C)N=CC.CC.CC(=O)c1cc2cc(C)cc(O)c2[nH]1.CCCC(C)CCC. The molecule has 6 nitrogen and oxygen atoms in total. The Morgan fingerprint density at radius 2 is 1.61 bits per heavy atom. The number of aromatic amines is 1. The lowest BCUT2D eigenvalue weighted by molar-refractivity contribution is 0.0968. The van der Waals surface area contributed by atoms with Crippen molar-refractivity contribution in [2.24, 2.45) is 15.9 Å². The first kappa shape index (κ1) is 42.9. The summed E-state index contributed by atoms with van der Waals surface area (Å²) in [6.45, 7) is 27.7. The smallest absolute Gasteiger partial charge is 0.175 e. The number of ether oxygens (including phenoxy) is 1. The number of H-pyrrole nitrogens is 1. The lowest BCUT2D eigenvalue weighted by Crippen LogP contribution is -2.03. The number of allylic oxidation sites excluding steroid dienone is 3. The number of rotatable bonds is 9. The minimum absolute atomic E-state index is 0.0294. The van der Waals surface area contributed by atoms with Crippen LogP contribution in [0.4, 0.5) is 0 Å². The van der Waals surface area contributed by atoms with Crippen LogP contribution >= 0.6 is 0 Å². The van der Waals surface area contributed by atoms with Crippen LogP contribution in [-0.4, -0.2) is 41.0 Å². The van der Waals surface area contributed by atoms with Crippen LogP contribution in [0.15, 0.2) is 64.4 Å². The molecular weight excluding hydrogens is 546 g/mol. The molecule has 1 aromatic carbocycles. The van der Waals surface area contributed by atoms with Gasteiger partial charge >= 0.3 is 0 Å². The summed E-state index contributed by atoms with van der Waals surface area (Å²) in [7, 11) is 0. The number of aliphatic imine (C=N–C) groups is 2. The van der Waals surface area contributed by atoms with Crippen LogP contribution in [0.1, 0.15) is 130 Å². The highest BCUT2D eigenvalue weighted by Gasteiger charge is 2.08. The van der Waals surface area contributed by atoms with Gasteiger partial charge < -0.3 is 14.8 Å². The van der Waals surface area contributed by atoms with Gasteiger partial charge in [0, 0.05) is 37.5 Å². The van der Waals surface area contributed by atoms with E-state index in [1.165, 1.54) is 51.9 Å². The molecule has 2 N–H and O–H groups in total. The van der Waals surface area contributed by atoms with Gasteiger partial charge in [-0.2, -0.15) is 0 Å². The third-order valence-electron chi connectivity index (χ3n) is 6.30. The topological polar surface area (TPSA) is 87.0 Å². The molecule has 44 heavy (non-hydrogen) atoms. The van der Waals surface area contributed by atoms with Gasteiger partial charge in [0.25, 0.3) is 0 Å². The van der Waals surface area contributed by atoms with E-state index in [1.807, 2.05) is 66.7 Å². The number of hydrogen-bond donors (Lipinski definition) is 2. The molecule has 1 aliphatic heterocycles. The van der Waals surface area contributed by atoms with Crippen LogP contribution < -0.4 is 0 Å². The second-order valence-corrected chi connectivity index (χ2v) is 10.8. The van der Waals surface area contributed by atoms with Crippen LogP contribution in [0.25, 0.3) is 10.9 Å². The predicted octanol–water partition coefficient (Wildman–Crippen LogP) is 11.4. The largest absolute Gasteiger partial charge is 0.506 e. The van der Waals surface area contributed by atoms with Crippen molar-refractivity contribution in [3.8, 4) is 5.75 Å². The summed E-state index contributed by atoms with van der Waals surface area (Å²) < 4.78 is 5.07. The molecule has 0 bridgehead atoms. The second-order valence-electron chi connectivity index (χ2n) is 10.8. The van der Waals surface area contributed by atoms with E-state index in [0.717, 1.165) is 47.2 Å². The quantitative estimate of drug-likeness (QED) is 0.168. The fraction of sp³-hybridized carbons (Fsp3) is 0.553. The van der Waals surface area contributed by atoms with Gasteiger partial charge in [0.05, 0.1) is 22.6 Å². The third-order valence-corrected chi connectivity index (χ3v) is 6.30. The second kappa shape index (κ2) is 27.3. The number of aromatic hydroxyl groups is 1. The summed E-state index contributed by atoms with van der Waals surface area (Å²) in [4.78, 5) is 22.6. The molecule has 6 heteroatoms. The molecule has 0 radical (unpaired) electrons. The maximum absolute atomic E-state index is 11.1. The van der Waals surface area contributed by atoms with Gasteiger partial charge in [-0.15, -0.1) is 0 Å². The Hall–Kier alpha value is -3.25. The Kier molecular flexibility index (Phi) is 26.6. The van der Waals surface area contributed by atoms with Gasteiger partial charge in [0.15, 0.2) is 5.78 Å². The number of hydrogen-bond acceptors (Lipinski definition) is 5. The van der Waals surface area contributed by atoms with Crippen LogP contribution in [0, 0.1) is 12.8 Å². The fourth-order valence-electron chi connectivity index (χ4n) is 4.34. The summed E-state index contributed by atoms with van der Waals surface area (Å²) in [5.74, 6) is 1.12. The normalized spacial score (nSPS) is 12.9. The van der Waals surface area contributed by atoms with Crippen LogP contribution in [0.2, 0.25) is 0 Å². The van der Waals surface area contributed by atoms with Crippen molar-refractivity contribution < 1.29 is 14.6 Å². The number of fused-ring (bicyclic) bond motifs is 1. The number of nitrogens with zero attached hydrogens (tertiary/aromatic N) is 2. The highest BCUT2D eigenvalue weighted by molar-refractivity contribution is 5.99. The number of ketones is 1. The number of phenols is 1. The number of carbonyl (C=O) groups is 1. The number of carbonyl (C=O) groups excluding carboxylic acids is 1. The van der Waals surface area contributed by atoms with Crippen molar-refractivity contribution in [1.82, 2.24) is 4.98 Å². The van der Waals surface area contributed by atoms with E-state index in [1.54, 1.807) is 24.4 Å². The Labute approximate surface area is 269 Å². The van der Waals surface area contributed by atoms with Gasteiger partial charge in [0.1, 0.15) is 5.75 Å². The highest BCUT2D eigenvalue weighted by Crippen LogP contribution is 2.26. The Morgan fingerprint density at radius 3 is 2.00 bits per heavy atom. The Bertz CT molecular complexity index is 1160. The van der Waals surface area contributed by atoms with Crippen molar-refractivity contribution >= 4 is 28.6 Å². The summed E-state index contributed by atoms with van der Waals surface area (Å²) in [5, 5.41) is 10.5. The van der Waals surface area contributed by atoms with E-state index < -0.39 is 0 Å². The summed E-state index contributed by atoms with van der Waals surface area (Å²) >= 11 is 0. The minimum atomic E-state index is -0.0294. The number of aromatic nitrogens is 1. The number of Topliss-reactive ketones (excluding diaryl/α,β-unsaturated/α-hetero) is 1. The molecular formula is C38H63N3O3. The van der Waals surface area contributed by atoms with E-state index in [4.69, 9.17) is 4.74 Å². The lowest BCUT2D eigenvalue weighted by Gasteiger charge is -2.08. The van der Waals surface area contributed by atoms with Crippen molar-refractivity contribution in [2.45, 2.75) is 121 Å². The van der Waals surface area contributed by atoms with Crippen molar-refractivity contribution in [3.63, 3.8) is 0 Å². The molecule has 0 aliphatic carbocycles. The van der Waals surface area contributed by atoms with Gasteiger partial charge in [-0.25, -0.2) is 0 Å². The molecule has 3 rings (SSSR count). The fourth-order valence-corrected chi connectivity index (χ4v) is 4.34. The number of phenolic OH excluding ortho intramolecular Hbond substituents is 1. The van der Waals surface area contributed by atoms with Gasteiger partial charge in [0.2, 0.25) is 0 Å². The molecule has 1 aromatic heterocycles. The van der Waals surface area contributed by atoms with Crippen LogP contribution in [-0.2, 0) is 4.74 Å². The van der Waals surface area contributed by atoms with E-state index in [-0.39, 0.29) is 11.5 Å².